The number of nitrogens with zero attached hydrogens (tertiary/aromatic N) is 1. The fourth-order valence-corrected chi connectivity index (χ4v) is 2.82. The molecule has 1 aliphatic rings. The minimum Gasteiger partial charge on any atom is -0.489 e. The van der Waals surface area contributed by atoms with E-state index in [0.717, 1.165) is 36.4 Å². The Hall–Kier alpha value is -2.33. The Morgan fingerprint density at radius 2 is 1.87 bits per heavy atom. The van der Waals surface area contributed by atoms with Crippen molar-refractivity contribution < 1.29 is 9.53 Å². The number of nitrogens with two attached hydrogens (primary N) is 1. The highest BCUT2D eigenvalue weighted by atomic mass is 16.5. The first-order valence-electron chi connectivity index (χ1n) is 8.02. The lowest BCUT2D eigenvalue weighted by Crippen LogP contribution is -2.29. The van der Waals surface area contributed by atoms with E-state index in [9.17, 15) is 4.79 Å². The van der Waals surface area contributed by atoms with Crippen molar-refractivity contribution in [3.8, 4) is 5.75 Å². The van der Waals surface area contributed by atoms with Gasteiger partial charge in [-0.1, -0.05) is 30.3 Å². The van der Waals surface area contributed by atoms with Gasteiger partial charge in [0.05, 0.1) is 0 Å². The second kappa shape index (κ2) is 7.29. The molecule has 2 N–H and O–H groups in total. The second-order valence-corrected chi connectivity index (χ2v) is 5.94. The van der Waals surface area contributed by atoms with Gasteiger partial charge in [0.2, 0.25) is 0 Å². The monoisotopic (exact) mass is 310 g/mol. The van der Waals surface area contributed by atoms with Crippen molar-refractivity contribution in [1.82, 2.24) is 4.90 Å². The Morgan fingerprint density at radius 1 is 1.13 bits per heavy atom. The van der Waals surface area contributed by atoms with Crippen molar-refractivity contribution in [2.75, 3.05) is 19.6 Å². The van der Waals surface area contributed by atoms with Crippen molar-refractivity contribution in [3.63, 3.8) is 0 Å². The molecule has 1 saturated heterocycles. The van der Waals surface area contributed by atoms with E-state index < -0.39 is 0 Å². The average molecular weight is 310 g/mol. The molecule has 1 fully saturated rings. The smallest absolute Gasteiger partial charge is 0.253 e. The quantitative estimate of drug-likeness (QED) is 0.924. The van der Waals surface area contributed by atoms with Crippen LogP contribution in [0.15, 0.2) is 54.6 Å². The normalized spacial score (nSPS) is 17.3. The van der Waals surface area contributed by atoms with Gasteiger partial charge >= 0.3 is 0 Å². The number of rotatable bonds is 5. The molecule has 1 unspecified atom stereocenters. The van der Waals surface area contributed by atoms with Gasteiger partial charge in [-0.05, 0) is 48.7 Å². The van der Waals surface area contributed by atoms with E-state index in [1.54, 1.807) is 0 Å². The molecule has 4 heteroatoms. The predicted octanol–water partition coefficient (Wildman–Crippen LogP) is 2.69. The first-order chi connectivity index (χ1) is 11.3. The Morgan fingerprint density at radius 3 is 2.52 bits per heavy atom. The van der Waals surface area contributed by atoms with Crippen molar-refractivity contribution in [2.24, 2.45) is 11.7 Å². The maximum absolute atomic E-state index is 12.5. The zero-order valence-corrected chi connectivity index (χ0v) is 13.2. The minimum atomic E-state index is 0.0940. The highest BCUT2D eigenvalue weighted by Gasteiger charge is 2.25. The number of ether oxygens (including phenoxy) is 1. The SMILES string of the molecule is NCC1CCN(C(=O)c2ccc(COc3ccccc3)cc2)C1. The third-order valence-electron chi connectivity index (χ3n) is 4.26. The molecule has 0 aromatic heterocycles. The van der Waals surface area contributed by atoms with Crippen LogP contribution >= 0.6 is 0 Å². The summed E-state index contributed by atoms with van der Waals surface area (Å²) in [4.78, 5) is 14.3. The molecule has 1 atom stereocenters. The average Bonchev–Trinajstić information content (AvgIpc) is 3.10. The van der Waals surface area contributed by atoms with E-state index in [-0.39, 0.29) is 5.91 Å². The number of hydrogen-bond acceptors (Lipinski definition) is 3. The van der Waals surface area contributed by atoms with E-state index >= 15 is 0 Å². The van der Waals surface area contributed by atoms with Crippen LogP contribution in [0, 0.1) is 5.92 Å². The van der Waals surface area contributed by atoms with Crippen LogP contribution in [0.4, 0.5) is 0 Å². The van der Waals surface area contributed by atoms with E-state index in [2.05, 4.69) is 0 Å². The van der Waals surface area contributed by atoms with Gasteiger partial charge in [-0.3, -0.25) is 4.79 Å². The summed E-state index contributed by atoms with van der Waals surface area (Å²) < 4.78 is 5.71. The first-order valence-corrected chi connectivity index (χ1v) is 8.02. The van der Waals surface area contributed by atoms with Gasteiger partial charge < -0.3 is 15.4 Å². The summed E-state index contributed by atoms with van der Waals surface area (Å²) in [5.74, 6) is 1.38. The van der Waals surface area contributed by atoms with Gasteiger partial charge in [0.15, 0.2) is 0 Å². The van der Waals surface area contributed by atoms with Crippen molar-refractivity contribution in [3.05, 3.63) is 65.7 Å². The van der Waals surface area contributed by atoms with Crippen LogP contribution in [0.5, 0.6) is 5.75 Å². The maximum Gasteiger partial charge on any atom is 0.253 e. The number of likely N-dealkylation sites (tertiary alicyclic amines) is 1. The number of carbonyl (C=O) groups is 1. The lowest BCUT2D eigenvalue weighted by atomic mass is 10.1. The molecule has 1 aliphatic heterocycles. The Balaban J connectivity index is 1.57. The van der Waals surface area contributed by atoms with Crippen LogP contribution in [0.2, 0.25) is 0 Å². The summed E-state index contributed by atoms with van der Waals surface area (Å²) in [6.07, 6.45) is 1.01. The fourth-order valence-electron chi connectivity index (χ4n) is 2.82. The molecule has 2 aromatic rings. The first kappa shape index (κ1) is 15.6. The molecule has 4 nitrogen and oxygen atoms in total. The molecular formula is C19H22N2O2. The van der Waals surface area contributed by atoms with Crippen molar-refractivity contribution >= 4 is 5.91 Å². The Labute approximate surface area is 136 Å². The van der Waals surface area contributed by atoms with E-state index in [0.29, 0.717) is 19.1 Å². The largest absolute Gasteiger partial charge is 0.489 e. The van der Waals surface area contributed by atoms with Crippen LogP contribution in [0.3, 0.4) is 0 Å². The molecule has 0 bridgehead atoms. The second-order valence-electron chi connectivity index (χ2n) is 5.94. The predicted molar refractivity (Wildman–Crippen MR) is 90.3 cm³/mol. The van der Waals surface area contributed by atoms with Crippen LogP contribution in [-0.4, -0.2) is 30.4 Å². The number of carbonyl (C=O) groups excluding carboxylic acids is 1. The number of amides is 1. The van der Waals surface area contributed by atoms with Crippen LogP contribution in [-0.2, 0) is 6.61 Å². The molecule has 23 heavy (non-hydrogen) atoms. The molecule has 3 rings (SSSR count). The topological polar surface area (TPSA) is 55.6 Å². The molecule has 0 spiro atoms. The van der Waals surface area contributed by atoms with Gasteiger partial charge in [-0.25, -0.2) is 0 Å². The number of hydrogen-bond donors (Lipinski definition) is 1. The summed E-state index contributed by atoms with van der Waals surface area (Å²) in [5, 5.41) is 0. The fraction of sp³-hybridized carbons (Fsp3) is 0.316. The van der Waals surface area contributed by atoms with E-state index in [4.69, 9.17) is 10.5 Å². The van der Waals surface area contributed by atoms with Gasteiger partial charge in [0.1, 0.15) is 12.4 Å². The zero-order chi connectivity index (χ0) is 16.1. The minimum absolute atomic E-state index is 0.0940. The Bertz CT molecular complexity index is 640. The highest BCUT2D eigenvalue weighted by Crippen LogP contribution is 2.18. The lowest BCUT2D eigenvalue weighted by Gasteiger charge is -2.16. The molecule has 120 valence electrons. The molecule has 2 aromatic carbocycles. The van der Waals surface area contributed by atoms with Gasteiger partial charge in [-0.15, -0.1) is 0 Å². The van der Waals surface area contributed by atoms with Gasteiger partial charge in [0.25, 0.3) is 5.91 Å². The Kier molecular flexibility index (Phi) is 4.93. The molecule has 1 amide bonds. The van der Waals surface area contributed by atoms with Crippen LogP contribution < -0.4 is 10.5 Å². The third kappa shape index (κ3) is 3.90. The zero-order valence-electron chi connectivity index (χ0n) is 13.2. The van der Waals surface area contributed by atoms with Gasteiger partial charge in [0, 0.05) is 18.7 Å². The number of benzene rings is 2. The molecule has 0 aliphatic carbocycles. The summed E-state index contributed by atoms with van der Waals surface area (Å²) in [6, 6.07) is 17.4. The lowest BCUT2D eigenvalue weighted by molar-refractivity contribution is 0.0787. The summed E-state index contributed by atoms with van der Waals surface area (Å²) >= 11 is 0. The van der Waals surface area contributed by atoms with Gasteiger partial charge in [-0.2, -0.15) is 0 Å². The van der Waals surface area contributed by atoms with E-state index in [1.165, 1.54) is 0 Å². The van der Waals surface area contributed by atoms with Crippen molar-refractivity contribution in [2.45, 2.75) is 13.0 Å². The number of para-hydroxylation sites is 1. The standard InChI is InChI=1S/C19H22N2O2/c20-12-16-10-11-21(13-16)19(22)17-8-6-15(7-9-17)14-23-18-4-2-1-3-5-18/h1-9,16H,10-14,20H2. The summed E-state index contributed by atoms with van der Waals surface area (Å²) in [7, 11) is 0. The molecule has 0 radical (unpaired) electrons. The maximum atomic E-state index is 12.5. The highest BCUT2D eigenvalue weighted by molar-refractivity contribution is 5.94. The van der Waals surface area contributed by atoms with Crippen LogP contribution in [0.25, 0.3) is 0 Å². The van der Waals surface area contributed by atoms with E-state index in [1.807, 2.05) is 59.5 Å². The summed E-state index contributed by atoms with van der Waals surface area (Å²) in [5.41, 5.74) is 7.46. The van der Waals surface area contributed by atoms with Crippen molar-refractivity contribution in [1.29, 1.82) is 0 Å². The summed E-state index contributed by atoms with van der Waals surface area (Å²) in [6.45, 7) is 2.73. The molecular weight excluding hydrogens is 288 g/mol. The molecule has 0 saturated carbocycles. The third-order valence-corrected chi connectivity index (χ3v) is 4.26. The van der Waals surface area contributed by atoms with Crippen LogP contribution in [0.1, 0.15) is 22.3 Å². The molecule has 1 heterocycles.